The second kappa shape index (κ2) is 2.95. The fraction of sp³-hybridized carbons (Fsp3) is 1.00. The van der Waals surface area contributed by atoms with Gasteiger partial charge in [-0.3, -0.25) is 0 Å². The zero-order chi connectivity index (χ0) is 8.60. The van der Waals surface area contributed by atoms with E-state index in [0.29, 0.717) is 0 Å². The van der Waals surface area contributed by atoms with Crippen LogP contribution < -0.4 is 5.32 Å². The van der Waals surface area contributed by atoms with Crippen molar-refractivity contribution in [1.82, 2.24) is 5.32 Å². The summed E-state index contributed by atoms with van der Waals surface area (Å²) < 4.78 is 26.5. The van der Waals surface area contributed by atoms with Gasteiger partial charge in [-0.25, -0.2) is 8.78 Å². The zero-order valence-corrected chi connectivity index (χ0v) is 7.15. The lowest BCUT2D eigenvalue weighted by atomic mass is 9.97. The summed E-state index contributed by atoms with van der Waals surface area (Å²) in [4.78, 5) is 0. The summed E-state index contributed by atoms with van der Waals surface area (Å²) in [6, 6.07) is 0. The van der Waals surface area contributed by atoms with Gasteiger partial charge in [-0.15, -0.1) is 0 Å². The molecule has 0 bridgehead atoms. The molecule has 0 spiro atoms. The molecule has 1 saturated carbocycles. The molecule has 1 atom stereocenters. The van der Waals surface area contributed by atoms with Crippen LogP contribution in [0.4, 0.5) is 8.78 Å². The van der Waals surface area contributed by atoms with E-state index in [1.165, 1.54) is 0 Å². The molecule has 1 aliphatic carbocycles. The van der Waals surface area contributed by atoms with Gasteiger partial charge in [0.25, 0.3) is 5.92 Å². The lowest BCUT2D eigenvalue weighted by Crippen LogP contribution is -2.24. The van der Waals surface area contributed by atoms with Crippen molar-refractivity contribution in [2.75, 3.05) is 13.1 Å². The van der Waals surface area contributed by atoms with Gasteiger partial charge in [-0.1, -0.05) is 0 Å². The van der Waals surface area contributed by atoms with Gasteiger partial charge >= 0.3 is 0 Å². The summed E-state index contributed by atoms with van der Waals surface area (Å²) in [5, 5.41) is 3.12. The number of hydrogen-bond donors (Lipinski definition) is 1. The Morgan fingerprint density at radius 1 is 1.25 bits per heavy atom. The van der Waals surface area contributed by atoms with E-state index in [-0.39, 0.29) is 18.3 Å². The Morgan fingerprint density at radius 3 is 2.50 bits per heavy atom. The highest BCUT2D eigenvalue weighted by atomic mass is 19.3. The molecule has 2 rings (SSSR count). The molecule has 1 nitrogen and oxygen atoms in total. The summed E-state index contributed by atoms with van der Waals surface area (Å²) in [5.74, 6) is -2.42. The van der Waals surface area contributed by atoms with Gasteiger partial charge in [0.2, 0.25) is 0 Å². The van der Waals surface area contributed by atoms with E-state index >= 15 is 0 Å². The first-order valence-corrected chi connectivity index (χ1v) is 4.77. The van der Waals surface area contributed by atoms with Crippen LogP contribution in [0.1, 0.15) is 25.7 Å². The number of nitrogens with one attached hydrogen (secondary N) is 1. The standard InChI is InChI=1S/C9H15F2N/c10-9(11,8-1-2-8)5-7-3-4-12-6-7/h7-8,12H,1-6H2. The maximum absolute atomic E-state index is 13.2. The molecule has 1 unspecified atom stereocenters. The summed E-state index contributed by atoms with van der Waals surface area (Å²) in [7, 11) is 0. The quantitative estimate of drug-likeness (QED) is 0.692. The van der Waals surface area contributed by atoms with E-state index in [1.54, 1.807) is 0 Å². The predicted octanol–water partition coefficient (Wildman–Crippen LogP) is 2.03. The van der Waals surface area contributed by atoms with Crippen molar-refractivity contribution in [2.24, 2.45) is 11.8 Å². The molecule has 70 valence electrons. The van der Waals surface area contributed by atoms with Crippen molar-refractivity contribution in [3.8, 4) is 0 Å². The van der Waals surface area contributed by atoms with Gasteiger partial charge < -0.3 is 5.32 Å². The fourth-order valence-electron chi connectivity index (χ4n) is 1.95. The molecular formula is C9H15F2N. The molecule has 0 aromatic rings. The average molecular weight is 175 g/mol. The second-order valence-electron chi connectivity index (χ2n) is 4.10. The van der Waals surface area contributed by atoms with Crippen molar-refractivity contribution >= 4 is 0 Å². The molecule has 1 saturated heterocycles. The fourth-order valence-corrected chi connectivity index (χ4v) is 1.95. The molecular weight excluding hydrogens is 160 g/mol. The first-order valence-electron chi connectivity index (χ1n) is 4.77. The van der Waals surface area contributed by atoms with Gasteiger partial charge in [-0.2, -0.15) is 0 Å². The third-order valence-electron chi connectivity index (χ3n) is 2.90. The predicted molar refractivity (Wildman–Crippen MR) is 43.3 cm³/mol. The number of alkyl halides is 2. The third kappa shape index (κ3) is 1.76. The minimum Gasteiger partial charge on any atom is -0.316 e. The Balaban J connectivity index is 1.83. The molecule has 3 heteroatoms. The smallest absolute Gasteiger partial charge is 0.251 e. The SMILES string of the molecule is FC(F)(CC1CCNC1)C1CC1. The van der Waals surface area contributed by atoms with E-state index in [0.717, 1.165) is 32.4 Å². The first kappa shape index (κ1) is 8.42. The summed E-state index contributed by atoms with van der Waals surface area (Å²) >= 11 is 0. The van der Waals surface area contributed by atoms with E-state index in [1.807, 2.05) is 0 Å². The molecule has 2 fully saturated rings. The van der Waals surface area contributed by atoms with Crippen LogP contribution in [0.15, 0.2) is 0 Å². The van der Waals surface area contributed by atoms with Crippen molar-refractivity contribution in [3.05, 3.63) is 0 Å². The monoisotopic (exact) mass is 175 g/mol. The van der Waals surface area contributed by atoms with Crippen LogP contribution in [-0.4, -0.2) is 19.0 Å². The van der Waals surface area contributed by atoms with Gasteiger partial charge in [0, 0.05) is 12.3 Å². The Morgan fingerprint density at radius 2 is 2.00 bits per heavy atom. The van der Waals surface area contributed by atoms with Gasteiger partial charge in [0.05, 0.1) is 0 Å². The lowest BCUT2D eigenvalue weighted by molar-refractivity contribution is -0.0426. The molecule has 0 aromatic heterocycles. The van der Waals surface area contributed by atoms with Crippen LogP contribution in [0.5, 0.6) is 0 Å². The number of hydrogen-bond acceptors (Lipinski definition) is 1. The van der Waals surface area contributed by atoms with Crippen LogP contribution in [0.3, 0.4) is 0 Å². The highest BCUT2D eigenvalue weighted by Crippen LogP contribution is 2.46. The third-order valence-corrected chi connectivity index (χ3v) is 2.90. The Bertz CT molecular complexity index is 160. The normalized spacial score (nSPS) is 31.0. The van der Waals surface area contributed by atoms with Gasteiger partial charge in [-0.05, 0) is 38.3 Å². The Kier molecular flexibility index (Phi) is 2.07. The van der Waals surface area contributed by atoms with Crippen LogP contribution in [0, 0.1) is 11.8 Å². The maximum atomic E-state index is 13.2. The summed E-state index contributed by atoms with van der Waals surface area (Å²) in [5.41, 5.74) is 0. The maximum Gasteiger partial charge on any atom is 0.251 e. The summed E-state index contributed by atoms with van der Waals surface area (Å²) in [6.07, 6.45) is 2.53. The minimum atomic E-state index is -2.36. The number of halogens is 2. The van der Waals surface area contributed by atoms with Crippen molar-refractivity contribution in [1.29, 1.82) is 0 Å². The molecule has 0 amide bonds. The van der Waals surface area contributed by atoms with E-state index < -0.39 is 5.92 Å². The van der Waals surface area contributed by atoms with Gasteiger partial charge in [0.1, 0.15) is 0 Å². The molecule has 2 aliphatic rings. The van der Waals surface area contributed by atoms with Crippen molar-refractivity contribution in [2.45, 2.75) is 31.6 Å². The minimum absolute atomic E-state index is 0.116. The van der Waals surface area contributed by atoms with Crippen LogP contribution in [0.2, 0.25) is 0 Å². The molecule has 12 heavy (non-hydrogen) atoms. The molecule has 0 aromatic carbocycles. The Labute approximate surface area is 71.5 Å². The van der Waals surface area contributed by atoms with Crippen LogP contribution >= 0.6 is 0 Å². The molecule has 0 radical (unpaired) electrons. The largest absolute Gasteiger partial charge is 0.316 e. The molecule has 1 heterocycles. The molecule has 1 N–H and O–H groups in total. The van der Waals surface area contributed by atoms with Crippen molar-refractivity contribution < 1.29 is 8.78 Å². The van der Waals surface area contributed by atoms with Crippen LogP contribution in [0.25, 0.3) is 0 Å². The van der Waals surface area contributed by atoms with Crippen molar-refractivity contribution in [3.63, 3.8) is 0 Å². The Hall–Kier alpha value is -0.180. The lowest BCUT2D eigenvalue weighted by Gasteiger charge is -2.18. The zero-order valence-electron chi connectivity index (χ0n) is 7.15. The van der Waals surface area contributed by atoms with E-state index in [9.17, 15) is 8.78 Å². The topological polar surface area (TPSA) is 12.0 Å². The highest BCUT2D eigenvalue weighted by Gasteiger charge is 2.47. The van der Waals surface area contributed by atoms with Gasteiger partial charge in [0.15, 0.2) is 0 Å². The summed E-state index contributed by atoms with van der Waals surface area (Å²) in [6.45, 7) is 1.72. The molecule has 1 aliphatic heterocycles. The van der Waals surface area contributed by atoms with E-state index in [4.69, 9.17) is 0 Å². The van der Waals surface area contributed by atoms with E-state index in [2.05, 4.69) is 5.32 Å². The average Bonchev–Trinajstić information content (AvgIpc) is 2.74. The van der Waals surface area contributed by atoms with Crippen LogP contribution in [-0.2, 0) is 0 Å². The second-order valence-corrected chi connectivity index (χ2v) is 4.10. The number of rotatable bonds is 3. The highest BCUT2D eigenvalue weighted by molar-refractivity contribution is 4.90. The first-order chi connectivity index (χ1) is 5.68.